The van der Waals surface area contributed by atoms with Crippen LogP contribution in [0.3, 0.4) is 0 Å². The van der Waals surface area contributed by atoms with Gasteiger partial charge in [-0.15, -0.1) is 0 Å². The lowest BCUT2D eigenvalue weighted by Crippen LogP contribution is -2.37. The number of methoxy groups -OCH3 is 1. The van der Waals surface area contributed by atoms with E-state index in [2.05, 4.69) is 5.32 Å². The molecule has 0 bridgehead atoms. The van der Waals surface area contributed by atoms with E-state index in [1.807, 2.05) is 0 Å². The maximum absolute atomic E-state index is 12.8. The van der Waals surface area contributed by atoms with Gasteiger partial charge >= 0.3 is 5.69 Å². The molecule has 1 atom stereocenters. The number of hydrogen-bond acceptors (Lipinski definition) is 5. The Labute approximate surface area is 149 Å². The van der Waals surface area contributed by atoms with Crippen molar-refractivity contribution in [2.24, 2.45) is 0 Å². The number of carbonyl (C=O) groups is 1. The molecule has 0 spiro atoms. The number of hydrogen-bond donors (Lipinski definition) is 1. The Hall–Kier alpha value is -3.16. The third kappa shape index (κ3) is 5.17. The van der Waals surface area contributed by atoms with Crippen LogP contribution < -0.4 is 14.8 Å². The SMILES string of the molecule is COc1ccc(O[C@@H](C)C(=O)NCCc2ccc(F)cc2)c([N+](=O)[O-])c1. The molecule has 2 aromatic carbocycles. The molecule has 8 heteroatoms. The zero-order valence-electron chi connectivity index (χ0n) is 14.4. The van der Waals surface area contributed by atoms with E-state index in [1.165, 1.54) is 44.4 Å². The number of nitrogens with one attached hydrogen (secondary N) is 1. The van der Waals surface area contributed by atoms with Crippen LogP contribution in [-0.2, 0) is 11.2 Å². The Morgan fingerprint density at radius 3 is 2.58 bits per heavy atom. The Morgan fingerprint density at radius 2 is 1.96 bits per heavy atom. The molecule has 0 radical (unpaired) electrons. The minimum absolute atomic E-state index is 0.0167. The summed E-state index contributed by atoms with van der Waals surface area (Å²) in [5, 5.41) is 13.8. The van der Waals surface area contributed by atoms with Gasteiger partial charge in [-0.1, -0.05) is 12.1 Å². The fraction of sp³-hybridized carbons (Fsp3) is 0.278. The smallest absolute Gasteiger partial charge is 0.314 e. The van der Waals surface area contributed by atoms with E-state index in [9.17, 15) is 19.3 Å². The maximum Gasteiger partial charge on any atom is 0.314 e. The van der Waals surface area contributed by atoms with Crippen LogP contribution in [0.25, 0.3) is 0 Å². The number of amides is 1. The van der Waals surface area contributed by atoms with Gasteiger partial charge < -0.3 is 14.8 Å². The van der Waals surface area contributed by atoms with Crippen molar-refractivity contribution in [2.45, 2.75) is 19.4 Å². The van der Waals surface area contributed by atoms with Gasteiger partial charge in [-0.25, -0.2) is 4.39 Å². The quantitative estimate of drug-likeness (QED) is 0.576. The van der Waals surface area contributed by atoms with E-state index in [4.69, 9.17) is 9.47 Å². The molecule has 1 amide bonds. The van der Waals surface area contributed by atoms with Gasteiger partial charge in [-0.2, -0.15) is 0 Å². The third-order valence-corrected chi connectivity index (χ3v) is 3.66. The molecule has 0 unspecified atom stereocenters. The minimum Gasteiger partial charge on any atom is -0.496 e. The number of ether oxygens (including phenoxy) is 2. The fourth-order valence-electron chi connectivity index (χ4n) is 2.24. The summed E-state index contributed by atoms with van der Waals surface area (Å²) in [5.74, 6) is -0.421. The Balaban J connectivity index is 1.92. The molecular weight excluding hydrogens is 343 g/mol. The van der Waals surface area contributed by atoms with Crippen molar-refractivity contribution in [2.75, 3.05) is 13.7 Å². The lowest BCUT2D eigenvalue weighted by Gasteiger charge is -2.15. The zero-order valence-corrected chi connectivity index (χ0v) is 14.4. The van der Waals surface area contributed by atoms with Gasteiger partial charge in [-0.3, -0.25) is 14.9 Å². The van der Waals surface area contributed by atoms with E-state index >= 15 is 0 Å². The highest BCUT2D eigenvalue weighted by Gasteiger charge is 2.21. The second-order valence-electron chi connectivity index (χ2n) is 5.52. The highest BCUT2D eigenvalue weighted by atomic mass is 19.1. The van der Waals surface area contributed by atoms with Gasteiger partial charge in [0.1, 0.15) is 11.6 Å². The van der Waals surface area contributed by atoms with Gasteiger partial charge in [0.25, 0.3) is 5.91 Å². The average molecular weight is 362 g/mol. The third-order valence-electron chi connectivity index (χ3n) is 3.66. The van der Waals surface area contributed by atoms with Crippen LogP contribution in [-0.4, -0.2) is 30.6 Å². The lowest BCUT2D eigenvalue weighted by atomic mass is 10.1. The first-order valence-electron chi connectivity index (χ1n) is 7.92. The molecule has 0 aliphatic rings. The minimum atomic E-state index is -0.921. The first kappa shape index (κ1) is 19.2. The van der Waals surface area contributed by atoms with Crippen LogP contribution in [0, 0.1) is 15.9 Å². The predicted octanol–water partition coefficient (Wildman–Crippen LogP) is 2.87. The van der Waals surface area contributed by atoms with E-state index < -0.39 is 16.9 Å². The molecule has 1 N–H and O–H groups in total. The summed E-state index contributed by atoms with van der Waals surface area (Å²) < 4.78 is 23.2. The lowest BCUT2D eigenvalue weighted by molar-refractivity contribution is -0.386. The van der Waals surface area contributed by atoms with Crippen molar-refractivity contribution in [3.05, 3.63) is 64.0 Å². The molecule has 0 fully saturated rings. The molecule has 0 aliphatic carbocycles. The van der Waals surface area contributed by atoms with E-state index in [0.29, 0.717) is 18.7 Å². The van der Waals surface area contributed by atoms with Crippen molar-refractivity contribution in [3.8, 4) is 11.5 Å². The van der Waals surface area contributed by atoms with Crippen LogP contribution in [0.4, 0.5) is 10.1 Å². The van der Waals surface area contributed by atoms with Crippen LogP contribution in [0.1, 0.15) is 12.5 Å². The van der Waals surface area contributed by atoms with Gasteiger partial charge in [0, 0.05) is 6.54 Å². The van der Waals surface area contributed by atoms with Crippen molar-refractivity contribution in [3.63, 3.8) is 0 Å². The number of carbonyl (C=O) groups excluding carboxylic acids is 1. The van der Waals surface area contributed by atoms with Gasteiger partial charge in [0.05, 0.1) is 18.1 Å². The van der Waals surface area contributed by atoms with Crippen LogP contribution in [0.15, 0.2) is 42.5 Å². The second kappa shape index (κ2) is 8.80. The summed E-state index contributed by atoms with van der Waals surface area (Å²) in [5.41, 5.74) is 0.598. The number of halogens is 1. The molecule has 0 aliphatic heterocycles. The van der Waals surface area contributed by atoms with Crippen molar-refractivity contribution in [1.29, 1.82) is 0 Å². The van der Waals surface area contributed by atoms with E-state index in [1.54, 1.807) is 12.1 Å². The van der Waals surface area contributed by atoms with Crippen molar-refractivity contribution >= 4 is 11.6 Å². The summed E-state index contributed by atoms with van der Waals surface area (Å²) in [6, 6.07) is 10.1. The van der Waals surface area contributed by atoms with Gasteiger partial charge in [0.2, 0.25) is 0 Å². The van der Waals surface area contributed by atoms with Crippen LogP contribution >= 0.6 is 0 Å². The fourth-order valence-corrected chi connectivity index (χ4v) is 2.24. The van der Waals surface area contributed by atoms with Crippen molar-refractivity contribution < 1.29 is 23.6 Å². The highest BCUT2D eigenvalue weighted by molar-refractivity contribution is 5.80. The predicted molar refractivity (Wildman–Crippen MR) is 92.9 cm³/mol. The summed E-state index contributed by atoms with van der Waals surface area (Å²) >= 11 is 0. The largest absolute Gasteiger partial charge is 0.496 e. The number of benzene rings is 2. The molecule has 26 heavy (non-hydrogen) atoms. The Morgan fingerprint density at radius 1 is 1.27 bits per heavy atom. The first-order chi connectivity index (χ1) is 12.4. The number of nitro groups is 1. The summed E-state index contributed by atoms with van der Waals surface area (Å²) in [4.78, 5) is 22.6. The Kier molecular flexibility index (Phi) is 6.48. The van der Waals surface area contributed by atoms with E-state index in [0.717, 1.165) is 5.56 Å². The highest BCUT2D eigenvalue weighted by Crippen LogP contribution is 2.31. The number of rotatable bonds is 8. The summed E-state index contributed by atoms with van der Waals surface area (Å²) in [7, 11) is 1.40. The number of nitrogens with zero attached hydrogens (tertiary/aromatic N) is 1. The van der Waals surface area contributed by atoms with Crippen LogP contribution in [0.5, 0.6) is 11.5 Å². The molecule has 0 saturated heterocycles. The summed E-state index contributed by atoms with van der Waals surface area (Å²) in [6.45, 7) is 1.84. The molecule has 0 saturated carbocycles. The van der Waals surface area contributed by atoms with Gasteiger partial charge in [-0.05, 0) is 43.2 Å². The molecule has 0 heterocycles. The molecular formula is C18H19FN2O5. The molecule has 2 aromatic rings. The maximum atomic E-state index is 12.8. The molecule has 7 nitrogen and oxygen atoms in total. The van der Waals surface area contributed by atoms with Gasteiger partial charge in [0.15, 0.2) is 11.9 Å². The van der Waals surface area contributed by atoms with E-state index in [-0.39, 0.29) is 17.3 Å². The number of nitro benzene ring substituents is 1. The van der Waals surface area contributed by atoms with Crippen molar-refractivity contribution in [1.82, 2.24) is 5.32 Å². The topological polar surface area (TPSA) is 90.7 Å². The summed E-state index contributed by atoms with van der Waals surface area (Å²) in [6.07, 6.45) is -0.392. The normalized spacial score (nSPS) is 11.5. The zero-order chi connectivity index (χ0) is 19.1. The monoisotopic (exact) mass is 362 g/mol. The first-order valence-corrected chi connectivity index (χ1v) is 7.92. The average Bonchev–Trinajstić information content (AvgIpc) is 2.63. The molecule has 0 aromatic heterocycles. The van der Waals surface area contributed by atoms with Crippen LogP contribution in [0.2, 0.25) is 0 Å². The molecule has 138 valence electrons. The molecule has 2 rings (SSSR count). The standard InChI is InChI=1S/C18H19FN2O5/c1-12(18(22)20-10-9-13-3-5-14(19)6-4-13)26-17-8-7-15(25-2)11-16(17)21(23)24/h3-8,11-12H,9-10H2,1-2H3,(H,20,22)/t12-/m0/s1. The Bertz CT molecular complexity index is 780. The second-order valence-corrected chi connectivity index (χ2v) is 5.52.